The van der Waals surface area contributed by atoms with E-state index in [1.807, 2.05) is 6.08 Å². The highest BCUT2D eigenvalue weighted by Gasteiger charge is 1.66. The van der Waals surface area contributed by atoms with Crippen LogP contribution in [0.3, 0.4) is 0 Å². The minimum absolute atomic E-state index is 1.03. The Balaban J connectivity index is 3.17. The molecule has 0 bridgehead atoms. The molecule has 0 spiro atoms. The summed E-state index contributed by atoms with van der Waals surface area (Å²) < 4.78 is 0. The van der Waals surface area contributed by atoms with E-state index < -0.39 is 0 Å². The fourth-order valence-electron chi connectivity index (χ4n) is 0.516. The Hall–Kier alpha value is -0.780. The number of hydrogen-bond acceptors (Lipinski definition) is 0. The molecule has 0 aliphatic rings. The van der Waals surface area contributed by atoms with E-state index >= 15 is 0 Å². The lowest BCUT2D eigenvalue weighted by Gasteiger charge is -1.78. The maximum absolute atomic E-state index is 3.57. The monoisotopic (exact) mass is 122 g/mol. The molecule has 0 aliphatic heterocycles. The Bertz CT molecular complexity index is 107. The maximum atomic E-state index is 3.57. The summed E-state index contributed by atoms with van der Waals surface area (Å²) >= 11 is 0. The van der Waals surface area contributed by atoms with E-state index in [9.17, 15) is 0 Å². The highest BCUT2D eigenvalue weighted by molar-refractivity contribution is 5.00. The normalized spacial score (nSPS) is 11.2. The topological polar surface area (TPSA) is 0 Å². The molecular weight excluding hydrogens is 108 g/mol. The van der Waals surface area contributed by atoms with Gasteiger partial charge in [-0.2, -0.15) is 0 Å². The van der Waals surface area contributed by atoms with E-state index in [1.54, 1.807) is 6.08 Å². The summed E-state index contributed by atoms with van der Waals surface area (Å²) in [4.78, 5) is 0. The predicted molar refractivity (Wildman–Crippen MR) is 43.4 cm³/mol. The van der Waals surface area contributed by atoms with Crippen molar-refractivity contribution in [2.75, 3.05) is 0 Å². The van der Waals surface area contributed by atoms with Gasteiger partial charge in [0.2, 0.25) is 0 Å². The molecule has 0 radical (unpaired) electrons. The fourth-order valence-corrected chi connectivity index (χ4v) is 0.516. The van der Waals surface area contributed by atoms with E-state index in [0.29, 0.717) is 0 Å². The lowest BCUT2D eigenvalue weighted by Crippen LogP contribution is -1.56. The molecule has 0 amide bonds. The zero-order chi connectivity index (χ0) is 6.95. The molecule has 0 atom stereocenters. The summed E-state index contributed by atoms with van der Waals surface area (Å²) in [6.45, 7) is 5.70. The lowest BCUT2D eigenvalue weighted by atomic mass is 10.3. The second-order valence-corrected chi connectivity index (χ2v) is 1.78. The molecule has 0 aromatic heterocycles. The van der Waals surface area contributed by atoms with E-state index in [-0.39, 0.29) is 0 Å². The molecule has 0 rings (SSSR count). The second-order valence-electron chi connectivity index (χ2n) is 1.78. The van der Waals surface area contributed by atoms with Crippen LogP contribution in [0.25, 0.3) is 0 Å². The van der Waals surface area contributed by atoms with Gasteiger partial charge in [0.15, 0.2) is 0 Å². The average molecular weight is 122 g/mol. The molecular formula is C9H14. The van der Waals surface area contributed by atoms with E-state index in [2.05, 4.69) is 31.7 Å². The third-order valence-corrected chi connectivity index (χ3v) is 0.947. The van der Waals surface area contributed by atoms with E-state index in [0.717, 1.165) is 12.8 Å². The first kappa shape index (κ1) is 8.22. The van der Waals surface area contributed by atoms with Gasteiger partial charge in [-0.3, -0.25) is 0 Å². The molecule has 0 aliphatic carbocycles. The summed E-state index contributed by atoms with van der Waals surface area (Å²) in [5, 5.41) is 0. The van der Waals surface area contributed by atoms with Crippen LogP contribution >= 0.6 is 0 Å². The summed E-state index contributed by atoms with van der Waals surface area (Å²) in [6.07, 6.45) is 12.3. The third kappa shape index (κ3) is 7.22. The molecule has 0 heteroatoms. The van der Waals surface area contributed by atoms with Gasteiger partial charge in [-0.1, -0.05) is 43.9 Å². The standard InChI is InChI=1S/C9H14/c1-3-5-7-9-8-6-4-2/h3,5-8H,1,4,9H2,2H3. The second kappa shape index (κ2) is 7.22. The highest BCUT2D eigenvalue weighted by atomic mass is 13.7. The van der Waals surface area contributed by atoms with Crippen molar-refractivity contribution in [3.05, 3.63) is 37.0 Å². The zero-order valence-corrected chi connectivity index (χ0v) is 6.01. The van der Waals surface area contributed by atoms with Crippen molar-refractivity contribution < 1.29 is 0 Å². The van der Waals surface area contributed by atoms with Crippen molar-refractivity contribution in [3.8, 4) is 0 Å². The van der Waals surface area contributed by atoms with Gasteiger partial charge in [-0.25, -0.2) is 0 Å². The summed E-state index contributed by atoms with van der Waals surface area (Å²) in [5.74, 6) is 0. The smallest absolute Gasteiger partial charge is 0.0166 e. The van der Waals surface area contributed by atoms with Crippen LogP contribution < -0.4 is 0 Å². The lowest BCUT2D eigenvalue weighted by molar-refractivity contribution is 1.20. The van der Waals surface area contributed by atoms with Crippen molar-refractivity contribution in [2.24, 2.45) is 0 Å². The van der Waals surface area contributed by atoms with Crippen molar-refractivity contribution in [2.45, 2.75) is 19.8 Å². The van der Waals surface area contributed by atoms with Crippen LogP contribution in [-0.2, 0) is 0 Å². The van der Waals surface area contributed by atoms with Crippen LogP contribution in [0.5, 0.6) is 0 Å². The van der Waals surface area contributed by atoms with Gasteiger partial charge >= 0.3 is 0 Å². The third-order valence-electron chi connectivity index (χ3n) is 0.947. The predicted octanol–water partition coefficient (Wildman–Crippen LogP) is 3.08. The minimum Gasteiger partial charge on any atom is -0.0991 e. The average Bonchev–Trinajstić information content (AvgIpc) is 1.89. The van der Waals surface area contributed by atoms with Crippen molar-refractivity contribution in [1.29, 1.82) is 0 Å². The first-order valence-electron chi connectivity index (χ1n) is 3.34. The Labute approximate surface area is 57.6 Å². The Morgan fingerprint density at radius 3 is 2.56 bits per heavy atom. The van der Waals surface area contributed by atoms with Gasteiger partial charge in [0.1, 0.15) is 0 Å². The quantitative estimate of drug-likeness (QED) is 0.397. The number of rotatable bonds is 4. The molecule has 0 saturated heterocycles. The first-order valence-corrected chi connectivity index (χ1v) is 3.34. The zero-order valence-electron chi connectivity index (χ0n) is 6.01. The SMILES string of the molecule is C=CC=CCC=CCC. The maximum Gasteiger partial charge on any atom is -0.0166 e. The van der Waals surface area contributed by atoms with Crippen molar-refractivity contribution in [3.63, 3.8) is 0 Å². The molecule has 0 heterocycles. The molecule has 0 nitrogen and oxygen atoms in total. The van der Waals surface area contributed by atoms with Gasteiger partial charge in [0, 0.05) is 0 Å². The number of hydrogen-bond donors (Lipinski definition) is 0. The fraction of sp³-hybridized carbons (Fsp3) is 0.333. The molecule has 0 N–H and O–H groups in total. The van der Waals surface area contributed by atoms with Gasteiger partial charge in [-0.15, -0.1) is 0 Å². The van der Waals surface area contributed by atoms with Gasteiger partial charge in [-0.05, 0) is 12.8 Å². The summed E-state index contributed by atoms with van der Waals surface area (Å²) in [5.41, 5.74) is 0. The largest absolute Gasteiger partial charge is 0.0991 e. The molecule has 50 valence electrons. The van der Waals surface area contributed by atoms with Gasteiger partial charge in [0.05, 0.1) is 0 Å². The van der Waals surface area contributed by atoms with Crippen LogP contribution in [-0.4, -0.2) is 0 Å². The van der Waals surface area contributed by atoms with Crippen LogP contribution in [0.4, 0.5) is 0 Å². The van der Waals surface area contributed by atoms with Crippen molar-refractivity contribution >= 4 is 0 Å². The molecule has 0 saturated carbocycles. The highest BCUT2D eigenvalue weighted by Crippen LogP contribution is 1.87. The Morgan fingerprint density at radius 2 is 2.00 bits per heavy atom. The molecule has 0 aromatic rings. The van der Waals surface area contributed by atoms with Crippen LogP contribution in [0, 0.1) is 0 Å². The molecule has 9 heavy (non-hydrogen) atoms. The van der Waals surface area contributed by atoms with Crippen LogP contribution in [0.15, 0.2) is 37.0 Å². The van der Waals surface area contributed by atoms with Gasteiger partial charge < -0.3 is 0 Å². The molecule has 0 unspecified atom stereocenters. The number of allylic oxidation sites excluding steroid dienone is 5. The summed E-state index contributed by atoms with van der Waals surface area (Å²) in [7, 11) is 0. The molecule has 0 fully saturated rings. The molecule has 0 aromatic carbocycles. The van der Waals surface area contributed by atoms with Gasteiger partial charge in [0.25, 0.3) is 0 Å². The minimum atomic E-state index is 1.03. The van der Waals surface area contributed by atoms with Crippen molar-refractivity contribution in [1.82, 2.24) is 0 Å². The van der Waals surface area contributed by atoms with E-state index in [1.165, 1.54) is 0 Å². The van der Waals surface area contributed by atoms with Crippen LogP contribution in [0.1, 0.15) is 19.8 Å². The van der Waals surface area contributed by atoms with E-state index in [4.69, 9.17) is 0 Å². The first-order chi connectivity index (χ1) is 4.41. The summed E-state index contributed by atoms with van der Waals surface area (Å²) in [6, 6.07) is 0. The van der Waals surface area contributed by atoms with Crippen LogP contribution in [0.2, 0.25) is 0 Å². The Kier molecular flexibility index (Phi) is 6.59. The Morgan fingerprint density at radius 1 is 1.22 bits per heavy atom.